The first-order chi connectivity index (χ1) is 13.0. The van der Waals surface area contributed by atoms with Crippen LogP contribution in [0.1, 0.15) is 43.4 Å². The van der Waals surface area contributed by atoms with Crippen molar-refractivity contribution in [2.24, 2.45) is 0 Å². The number of nitrogens with zero attached hydrogens (tertiary/aromatic N) is 1. The summed E-state index contributed by atoms with van der Waals surface area (Å²) < 4.78 is 34.0. The number of piperidine rings is 1. The fraction of sp³-hybridized carbons (Fsp3) is 0.500. The second-order valence-electron chi connectivity index (χ2n) is 6.88. The number of ether oxygens (including phenoxy) is 1. The van der Waals surface area contributed by atoms with E-state index in [0.29, 0.717) is 13.2 Å². The fourth-order valence-electron chi connectivity index (χ4n) is 3.53. The smallest absolute Gasteiger partial charge is 0.240 e. The number of hydrogen-bond donors (Lipinski definition) is 1. The van der Waals surface area contributed by atoms with E-state index >= 15 is 0 Å². The van der Waals surface area contributed by atoms with E-state index in [-0.39, 0.29) is 10.9 Å². The van der Waals surface area contributed by atoms with Gasteiger partial charge < -0.3 is 4.74 Å². The van der Waals surface area contributed by atoms with Crippen molar-refractivity contribution in [2.75, 3.05) is 26.2 Å². The minimum absolute atomic E-state index is 0.0788. The van der Waals surface area contributed by atoms with Crippen molar-refractivity contribution < 1.29 is 13.2 Å². The van der Waals surface area contributed by atoms with Gasteiger partial charge in [0.25, 0.3) is 0 Å². The molecule has 0 radical (unpaired) electrons. The Labute approximate surface area is 166 Å². The number of benzene rings is 1. The highest BCUT2D eigenvalue weighted by Gasteiger charge is 2.25. The number of thiophene rings is 1. The molecule has 3 rings (SSSR count). The summed E-state index contributed by atoms with van der Waals surface area (Å²) in [6, 6.07) is 7.19. The molecule has 5 nitrogen and oxygen atoms in total. The molecule has 1 aliphatic heterocycles. The quantitative estimate of drug-likeness (QED) is 0.718. The van der Waals surface area contributed by atoms with Crippen LogP contribution in [0.2, 0.25) is 0 Å². The minimum atomic E-state index is -3.57. The predicted octanol–water partition coefficient (Wildman–Crippen LogP) is 3.96. The number of hydrogen-bond acceptors (Lipinski definition) is 5. The van der Waals surface area contributed by atoms with E-state index < -0.39 is 10.0 Å². The summed E-state index contributed by atoms with van der Waals surface area (Å²) in [6.45, 7) is 6.76. The summed E-state index contributed by atoms with van der Waals surface area (Å²) >= 11 is 1.65. The molecule has 2 heterocycles. The zero-order valence-corrected chi connectivity index (χ0v) is 17.6. The van der Waals surface area contributed by atoms with Gasteiger partial charge in [-0.3, -0.25) is 4.90 Å². The van der Waals surface area contributed by atoms with E-state index in [4.69, 9.17) is 4.74 Å². The number of aryl methyl sites for hydroxylation is 1. The van der Waals surface area contributed by atoms with Crippen LogP contribution in [-0.2, 0) is 10.0 Å². The van der Waals surface area contributed by atoms with E-state index in [1.165, 1.54) is 24.8 Å². The Kier molecular flexibility index (Phi) is 6.92. The molecule has 1 saturated heterocycles. The van der Waals surface area contributed by atoms with E-state index in [1.807, 2.05) is 13.8 Å². The first-order valence-electron chi connectivity index (χ1n) is 9.50. The van der Waals surface area contributed by atoms with Crippen LogP contribution in [-0.4, -0.2) is 39.6 Å². The highest BCUT2D eigenvalue weighted by Crippen LogP contribution is 2.27. The molecule has 1 aromatic carbocycles. The van der Waals surface area contributed by atoms with Gasteiger partial charge in [0.2, 0.25) is 10.0 Å². The van der Waals surface area contributed by atoms with Crippen LogP contribution < -0.4 is 9.46 Å². The summed E-state index contributed by atoms with van der Waals surface area (Å²) in [5.41, 5.74) is 2.01. The molecule has 0 saturated carbocycles. The van der Waals surface area contributed by atoms with Crippen LogP contribution >= 0.6 is 11.3 Å². The molecule has 1 atom stereocenters. The molecule has 1 aliphatic rings. The molecule has 0 aliphatic carbocycles. The molecule has 1 aromatic heterocycles. The Morgan fingerprint density at radius 2 is 2.00 bits per heavy atom. The van der Waals surface area contributed by atoms with Gasteiger partial charge >= 0.3 is 0 Å². The van der Waals surface area contributed by atoms with Crippen LogP contribution in [0.4, 0.5) is 0 Å². The van der Waals surface area contributed by atoms with Gasteiger partial charge in [0.15, 0.2) is 0 Å². The van der Waals surface area contributed by atoms with Crippen LogP contribution in [0, 0.1) is 6.92 Å². The van der Waals surface area contributed by atoms with Crippen molar-refractivity contribution in [3.8, 4) is 5.75 Å². The van der Waals surface area contributed by atoms with Crippen molar-refractivity contribution in [1.82, 2.24) is 9.62 Å². The summed E-state index contributed by atoms with van der Waals surface area (Å²) in [5.74, 6) is 0.723. The molecule has 148 valence electrons. The highest BCUT2D eigenvalue weighted by atomic mass is 32.2. The lowest BCUT2D eigenvalue weighted by molar-refractivity contribution is 0.165. The van der Waals surface area contributed by atoms with Crippen LogP contribution in [0.25, 0.3) is 0 Å². The average molecular weight is 409 g/mol. The molecular weight excluding hydrogens is 380 g/mol. The van der Waals surface area contributed by atoms with Crippen molar-refractivity contribution in [2.45, 2.75) is 44.0 Å². The lowest BCUT2D eigenvalue weighted by Gasteiger charge is -2.34. The molecule has 1 fully saturated rings. The molecule has 7 heteroatoms. The van der Waals surface area contributed by atoms with Gasteiger partial charge in [-0.25, -0.2) is 13.1 Å². The first-order valence-corrected chi connectivity index (χ1v) is 11.9. The molecule has 27 heavy (non-hydrogen) atoms. The first kappa shape index (κ1) is 20.3. The predicted molar refractivity (Wildman–Crippen MR) is 110 cm³/mol. The lowest BCUT2D eigenvalue weighted by atomic mass is 10.0. The van der Waals surface area contributed by atoms with Crippen molar-refractivity contribution in [1.29, 1.82) is 0 Å². The molecule has 1 unspecified atom stereocenters. The van der Waals surface area contributed by atoms with E-state index in [9.17, 15) is 8.42 Å². The summed E-state index contributed by atoms with van der Waals surface area (Å²) in [4.78, 5) is 2.68. The Morgan fingerprint density at radius 3 is 2.63 bits per heavy atom. The Balaban J connectivity index is 1.74. The SMILES string of the molecule is CCOc1ccc(S(=O)(=O)NCC(c2ccsc2)N2CCCCC2)cc1C. The van der Waals surface area contributed by atoms with Crippen LogP contribution in [0.3, 0.4) is 0 Å². The van der Waals surface area contributed by atoms with Crippen LogP contribution in [0.15, 0.2) is 39.9 Å². The monoisotopic (exact) mass is 408 g/mol. The zero-order valence-electron chi connectivity index (χ0n) is 16.0. The fourth-order valence-corrected chi connectivity index (χ4v) is 5.36. The third-order valence-electron chi connectivity index (χ3n) is 4.98. The molecular formula is C20H28N2O3S2. The third kappa shape index (κ3) is 5.10. The van der Waals surface area contributed by atoms with Crippen LogP contribution in [0.5, 0.6) is 5.75 Å². The third-order valence-corrected chi connectivity index (χ3v) is 7.11. The van der Waals surface area contributed by atoms with Crippen molar-refractivity contribution >= 4 is 21.4 Å². The standard InChI is InChI=1S/C20H28N2O3S2/c1-3-25-20-8-7-18(13-16(20)2)27(23,24)21-14-19(17-9-12-26-15-17)22-10-5-4-6-11-22/h7-9,12-13,15,19,21H,3-6,10-11,14H2,1-2H3. The maximum Gasteiger partial charge on any atom is 0.240 e. The molecule has 0 bridgehead atoms. The topological polar surface area (TPSA) is 58.6 Å². The number of likely N-dealkylation sites (tertiary alicyclic amines) is 1. The van der Waals surface area contributed by atoms with Gasteiger partial charge in [0, 0.05) is 12.6 Å². The Morgan fingerprint density at radius 1 is 1.22 bits per heavy atom. The largest absolute Gasteiger partial charge is 0.494 e. The molecule has 0 amide bonds. The minimum Gasteiger partial charge on any atom is -0.494 e. The average Bonchev–Trinajstić information content (AvgIpc) is 3.19. The molecule has 2 aromatic rings. The summed E-state index contributed by atoms with van der Waals surface area (Å²) in [5, 5.41) is 4.17. The molecule has 0 spiro atoms. The van der Waals surface area contributed by atoms with Gasteiger partial charge in [0.1, 0.15) is 5.75 Å². The van der Waals surface area contributed by atoms with E-state index in [0.717, 1.165) is 24.4 Å². The maximum absolute atomic E-state index is 12.8. The molecule has 1 N–H and O–H groups in total. The number of nitrogens with one attached hydrogen (secondary N) is 1. The van der Waals surface area contributed by atoms with Crippen molar-refractivity contribution in [3.63, 3.8) is 0 Å². The lowest BCUT2D eigenvalue weighted by Crippen LogP contribution is -2.40. The van der Waals surface area contributed by atoms with E-state index in [1.54, 1.807) is 29.5 Å². The Hall–Kier alpha value is -1.41. The van der Waals surface area contributed by atoms with Crippen molar-refractivity contribution in [3.05, 3.63) is 46.2 Å². The maximum atomic E-state index is 12.8. The van der Waals surface area contributed by atoms with Gasteiger partial charge in [0.05, 0.1) is 11.5 Å². The van der Waals surface area contributed by atoms with Gasteiger partial charge in [-0.2, -0.15) is 11.3 Å². The van der Waals surface area contributed by atoms with Gasteiger partial charge in [-0.1, -0.05) is 6.42 Å². The summed E-state index contributed by atoms with van der Waals surface area (Å²) in [6.07, 6.45) is 3.60. The van der Waals surface area contributed by atoms with Gasteiger partial charge in [-0.05, 0) is 85.9 Å². The highest BCUT2D eigenvalue weighted by molar-refractivity contribution is 7.89. The zero-order chi connectivity index (χ0) is 19.3. The number of sulfonamides is 1. The Bertz CT molecular complexity index is 829. The second-order valence-corrected chi connectivity index (χ2v) is 9.43. The normalized spacial score (nSPS) is 17.0. The summed E-state index contributed by atoms with van der Waals surface area (Å²) in [7, 11) is -3.57. The second kappa shape index (κ2) is 9.19. The van der Waals surface area contributed by atoms with E-state index in [2.05, 4.69) is 26.4 Å². The number of rotatable bonds is 8. The van der Waals surface area contributed by atoms with Gasteiger partial charge in [-0.15, -0.1) is 0 Å².